The Balaban J connectivity index is 1.62. The van der Waals surface area contributed by atoms with E-state index in [1.165, 1.54) is 0 Å². The third-order valence-electron chi connectivity index (χ3n) is 7.95. The Labute approximate surface area is 225 Å². The summed E-state index contributed by atoms with van der Waals surface area (Å²) in [4.78, 5) is 30.1. The van der Waals surface area contributed by atoms with Crippen LogP contribution in [0.3, 0.4) is 0 Å². The number of carboxylic acid groups (broad SMARTS) is 1. The normalized spacial score (nSPS) is 20.7. The summed E-state index contributed by atoms with van der Waals surface area (Å²) < 4.78 is 11.2. The number of rotatable bonds is 13. The number of unbranched alkanes of at least 4 members (excludes halogenated alkanes) is 1. The maximum Gasteiger partial charge on any atom is 0.308 e. The number of aliphatic carboxylic acids is 1. The number of nitrogens with two attached hydrogens (primary N) is 1. The third-order valence-corrected chi connectivity index (χ3v) is 7.95. The molecule has 2 aliphatic rings. The van der Waals surface area contributed by atoms with Crippen LogP contribution in [0.4, 0.5) is 0 Å². The van der Waals surface area contributed by atoms with Crippen molar-refractivity contribution in [3.8, 4) is 11.5 Å². The molecule has 2 aromatic rings. The van der Waals surface area contributed by atoms with Gasteiger partial charge < -0.3 is 25.2 Å². The molecule has 8 heteroatoms. The highest BCUT2D eigenvalue weighted by molar-refractivity contribution is 5.79. The fourth-order valence-corrected chi connectivity index (χ4v) is 5.98. The number of likely N-dealkylation sites (tertiary alicyclic amines) is 1. The van der Waals surface area contributed by atoms with E-state index >= 15 is 0 Å². The SMILES string of the molecule is CCCCN(CCN)C(=O)CN1C[C@H](c2ccc3c(c2)CCO3)C(C(=O)O)[C@@H]1CCc1ccccc1OC. The monoisotopic (exact) mass is 523 g/mol. The molecule has 0 bridgehead atoms. The summed E-state index contributed by atoms with van der Waals surface area (Å²) >= 11 is 0. The molecule has 2 heterocycles. The van der Waals surface area contributed by atoms with Gasteiger partial charge in [-0.15, -0.1) is 0 Å². The number of hydrogen-bond acceptors (Lipinski definition) is 6. The Kier molecular flexibility index (Phi) is 9.63. The second-order valence-corrected chi connectivity index (χ2v) is 10.3. The first-order valence-electron chi connectivity index (χ1n) is 13.8. The maximum atomic E-state index is 13.4. The Hall–Kier alpha value is -3.10. The van der Waals surface area contributed by atoms with Crippen LogP contribution < -0.4 is 15.2 Å². The van der Waals surface area contributed by atoms with Gasteiger partial charge in [-0.1, -0.05) is 43.7 Å². The van der Waals surface area contributed by atoms with E-state index in [0.717, 1.165) is 47.5 Å². The van der Waals surface area contributed by atoms with Gasteiger partial charge in [0.15, 0.2) is 0 Å². The molecule has 0 radical (unpaired) electrons. The second kappa shape index (κ2) is 13.1. The van der Waals surface area contributed by atoms with E-state index in [1.807, 2.05) is 41.3 Å². The summed E-state index contributed by atoms with van der Waals surface area (Å²) in [5.74, 6) is 0.0226. The van der Waals surface area contributed by atoms with Gasteiger partial charge in [0, 0.05) is 44.6 Å². The number of aryl methyl sites for hydroxylation is 1. The minimum atomic E-state index is -0.823. The number of carboxylic acids is 1. The molecule has 0 spiro atoms. The molecular formula is C30H41N3O5. The number of fused-ring (bicyclic) bond motifs is 1. The summed E-state index contributed by atoms with van der Waals surface area (Å²) in [7, 11) is 1.65. The molecule has 0 saturated carbocycles. The van der Waals surface area contributed by atoms with Crippen molar-refractivity contribution in [1.29, 1.82) is 0 Å². The second-order valence-electron chi connectivity index (χ2n) is 10.3. The molecular weight excluding hydrogens is 482 g/mol. The lowest BCUT2D eigenvalue weighted by molar-refractivity contribution is -0.143. The van der Waals surface area contributed by atoms with Crippen LogP contribution in [0, 0.1) is 5.92 Å². The van der Waals surface area contributed by atoms with Crippen LogP contribution in [0.5, 0.6) is 11.5 Å². The highest BCUT2D eigenvalue weighted by atomic mass is 16.5. The summed E-state index contributed by atoms with van der Waals surface area (Å²) in [6.07, 6.45) is 4.02. The lowest BCUT2D eigenvalue weighted by Gasteiger charge is -2.29. The quantitative estimate of drug-likeness (QED) is 0.415. The van der Waals surface area contributed by atoms with Gasteiger partial charge >= 0.3 is 5.97 Å². The molecule has 206 valence electrons. The van der Waals surface area contributed by atoms with Crippen LogP contribution in [-0.4, -0.2) is 79.3 Å². The lowest BCUT2D eigenvalue weighted by atomic mass is 9.83. The molecule has 2 aliphatic heterocycles. The number of carbonyl (C=O) groups is 2. The summed E-state index contributed by atoms with van der Waals surface area (Å²) in [5.41, 5.74) is 8.98. The number of methoxy groups -OCH3 is 1. The molecule has 0 aliphatic carbocycles. The Bertz CT molecular complexity index is 1110. The molecule has 1 saturated heterocycles. The van der Waals surface area contributed by atoms with Crippen molar-refractivity contribution in [2.24, 2.45) is 11.7 Å². The van der Waals surface area contributed by atoms with Crippen molar-refractivity contribution < 1.29 is 24.2 Å². The minimum Gasteiger partial charge on any atom is -0.496 e. The largest absolute Gasteiger partial charge is 0.496 e. The molecule has 4 rings (SSSR count). The van der Waals surface area contributed by atoms with Gasteiger partial charge in [0.2, 0.25) is 5.91 Å². The van der Waals surface area contributed by atoms with Crippen LogP contribution in [0.15, 0.2) is 42.5 Å². The summed E-state index contributed by atoms with van der Waals surface area (Å²) in [5, 5.41) is 10.5. The van der Waals surface area contributed by atoms with Crippen molar-refractivity contribution in [2.45, 2.75) is 51.0 Å². The number of carbonyl (C=O) groups excluding carboxylic acids is 1. The van der Waals surface area contributed by atoms with E-state index in [0.29, 0.717) is 45.6 Å². The standard InChI is InChI=1S/C30H41N3O5/c1-3-4-15-32(16-14-31)28(34)20-33-19-24(22-10-12-27-23(18-22)13-17-38-27)29(30(35)36)25(33)11-9-21-7-5-6-8-26(21)37-2/h5-8,10,12,18,24-25,29H,3-4,9,11,13-17,19-20,31H2,1-2H3,(H,35,36)/t24-,25+,29?/m1/s1. The van der Waals surface area contributed by atoms with Gasteiger partial charge in [-0.25, -0.2) is 0 Å². The number of amides is 1. The third kappa shape index (κ3) is 6.30. The van der Waals surface area contributed by atoms with Crippen molar-refractivity contribution >= 4 is 11.9 Å². The Morgan fingerprint density at radius 2 is 2.03 bits per heavy atom. The zero-order chi connectivity index (χ0) is 27.1. The first kappa shape index (κ1) is 27.9. The van der Waals surface area contributed by atoms with E-state index in [-0.39, 0.29) is 24.4 Å². The molecule has 1 fully saturated rings. The van der Waals surface area contributed by atoms with Gasteiger partial charge in [-0.2, -0.15) is 0 Å². The number of ether oxygens (including phenoxy) is 2. The first-order chi connectivity index (χ1) is 18.5. The van der Waals surface area contributed by atoms with E-state index in [9.17, 15) is 14.7 Å². The van der Waals surface area contributed by atoms with Crippen molar-refractivity contribution in [1.82, 2.24) is 9.80 Å². The number of hydrogen-bond donors (Lipinski definition) is 2. The average Bonchev–Trinajstić information content (AvgIpc) is 3.54. The molecule has 0 aromatic heterocycles. The van der Waals surface area contributed by atoms with Crippen LogP contribution in [0.1, 0.15) is 48.8 Å². The fourth-order valence-electron chi connectivity index (χ4n) is 5.98. The van der Waals surface area contributed by atoms with E-state index in [1.54, 1.807) is 7.11 Å². The first-order valence-corrected chi connectivity index (χ1v) is 13.8. The predicted octanol–water partition coefficient (Wildman–Crippen LogP) is 3.32. The average molecular weight is 524 g/mol. The van der Waals surface area contributed by atoms with Crippen LogP contribution in [-0.2, 0) is 22.4 Å². The zero-order valence-corrected chi connectivity index (χ0v) is 22.6. The smallest absolute Gasteiger partial charge is 0.308 e. The molecule has 3 N–H and O–H groups in total. The highest BCUT2D eigenvalue weighted by Crippen LogP contribution is 2.41. The van der Waals surface area contributed by atoms with Gasteiger partial charge in [0.25, 0.3) is 0 Å². The molecule has 1 unspecified atom stereocenters. The van der Waals surface area contributed by atoms with Gasteiger partial charge in [0.1, 0.15) is 11.5 Å². The Morgan fingerprint density at radius 3 is 2.76 bits per heavy atom. The molecule has 3 atom stereocenters. The number of nitrogens with zero attached hydrogens (tertiary/aromatic N) is 2. The molecule has 8 nitrogen and oxygen atoms in total. The number of para-hydroxylation sites is 1. The summed E-state index contributed by atoms with van der Waals surface area (Å²) in [6, 6.07) is 13.6. The van der Waals surface area contributed by atoms with Gasteiger partial charge in [0.05, 0.1) is 26.2 Å². The van der Waals surface area contributed by atoms with E-state index in [2.05, 4.69) is 17.9 Å². The summed E-state index contributed by atoms with van der Waals surface area (Å²) in [6.45, 7) is 5.05. The molecule has 1 amide bonds. The maximum absolute atomic E-state index is 13.4. The lowest BCUT2D eigenvalue weighted by Crippen LogP contribution is -2.45. The van der Waals surface area contributed by atoms with Gasteiger partial charge in [-0.3, -0.25) is 14.5 Å². The predicted molar refractivity (Wildman–Crippen MR) is 147 cm³/mol. The fraction of sp³-hybridized carbons (Fsp3) is 0.533. The van der Waals surface area contributed by atoms with Crippen LogP contribution in [0.2, 0.25) is 0 Å². The van der Waals surface area contributed by atoms with Crippen molar-refractivity contribution in [2.75, 3.05) is 46.4 Å². The number of benzene rings is 2. The van der Waals surface area contributed by atoms with E-state index in [4.69, 9.17) is 15.2 Å². The van der Waals surface area contributed by atoms with Crippen LogP contribution in [0.25, 0.3) is 0 Å². The molecule has 38 heavy (non-hydrogen) atoms. The minimum absolute atomic E-state index is 0.0123. The highest BCUT2D eigenvalue weighted by Gasteiger charge is 2.47. The van der Waals surface area contributed by atoms with Crippen molar-refractivity contribution in [3.63, 3.8) is 0 Å². The van der Waals surface area contributed by atoms with E-state index < -0.39 is 11.9 Å². The van der Waals surface area contributed by atoms with Crippen molar-refractivity contribution in [3.05, 3.63) is 59.2 Å². The topological polar surface area (TPSA) is 105 Å². The molecule has 2 aromatic carbocycles. The zero-order valence-electron chi connectivity index (χ0n) is 22.6. The van der Waals surface area contributed by atoms with Gasteiger partial charge in [-0.05, 0) is 48.1 Å². The Morgan fingerprint density at radius 1 is 1.21 bits per heavy atom. The van der Waals surface area contributed by atoms with Crippen LogP contribution >= 0.6 is 0 Å².